The number of carboxylic acid groups (broad SMARTS) is 2. The molecule has 0 aliphatic heterocycles. The van der Waals surface area contributed by atoms with Crippen LogP contribution in [0, 0.1) is 5.92 Å². The maximum atomic E-state index is 11.1. The molecule has 0 aromatic heterocycles. The maximum absolute atomic E-state index is 11.1. The van der Waals surface area contributed by atoms with Crippen LogP contribution in [0.1, 0.15) is 43.7 Å². The van der Waals surface area contributed by atoms with E-state index in [0.29, 0.717) is 12.8 Å². The number of rotatable bonds is 9. The minimum absolute atomic E-state index is 0.0909. The van der Waals surface area contributed by atoms with Gasteiger partial charge in [-0.1, -0.05) is 37.6 Å². The van der Waals surface area contributed by atoms with Crippen molar-refractivity contribution in [3.63, 3.8) is 0 Å². The SMILES string of the molecule is CCCc1ccc(CC[C@H](CCC(=O)O)C(=O)O)cc1. The average Bonchev–Trinajstić information content (AvgIpc) is 2.40. The van der Waals surface area contributed by atoms with E-state index in [1.807, 2.05) is 12.1 Å². The molecule has 110 valence electrons. The summed E-state index contributed by atoms with van der Waals surface area (Å²) in [5.74, 6) is -2.43. The number of hydrogen-bond acceptors (Lipinski definition) is 2. The van der Waals surface area contributed by atoms with Gasteiger partial charge in [0.25, 0.3) is 0 Å². The van der Waals surface area contributed by atoms with Crippen LogP contribution < -0.4 is 0 Å². The van der Waals surface area contributed by atoms with Crippen LogP contribution in [0.4, 0.5) is 0 Å². The quantitative estimate of drug-likeness (QED) is 0.727. The molecule has 4 heteroatoms. The van der Waals surface area contributed by atoms with Crippen LogP contribution in [0.5, 0.6) is 0 Å². The highest BCUT2D eigenvalue weighted by Gasteiger charge is 2.18. The zero-order valence-electron chi connectivity index (χ0n) is 11.8. The van der Waals surface area contributed by atoms with E-state index in [0.717, 1.165) is 18.4 Å². The molecule has 0 unspecified atom stereocenters. The molecule has 1 aromatic rings. The topological polar surface area (TPSA) is 74.6 Å². The lowest BCUT2D eigenvalue weighted by atomic mass is 9.94. The molecule has 2 N–H and O–H groups in total. The predicted molar refractivity (Wildman–Crippen MR) is 76.8 cm³/mol. The summed E-state index contributed by atoms with van der Waals surface area (Å²) in [6.07, 6.45) is 3.41. The molecule has 0 saturated carbocycles. The average molecular weight is 278 g/mol. The lowest BCUT2D eigenvalue weighted by Gasteiger charge is -2.11. The second kappa shape index (κ2) is 8.35. The van der Waals surface area contributed by atoms with E-state index >= 15 is 0 Å². The normalized spacial score (nSPS) is 12.1. The first kappa shape index (κ1) is 16.2. The van der Waals surface area contributed by atoms with E-state index in [-0.39, 0.29) is 12.8 Å². The molecule has 0 aliphatic carbocycles. The molecule has 4 nitrogen and oxygen atoms in total. The van der Waals surface area contributed by atoms with Crippen LogP contribution in [0.15, 0.2) is 24.3 Å². The zero-order valence-corrected chi connectivity index (χ0v) is 11.8. The van der Waals surface area contributed by atoms with Crippen molar-refractivity contribution in [3.8, 4) is 0 Å². The van der Waals surface area contributed by atoms with Crippen molar-refractivity contribution < 1.29 is 19.8 Å². The summed E-state index contributed by atoms with van der Waals surface area (Å²) in [5, 5.41) is 17.7. The largest absolute Gasteiger partial charge is 0.481 e. The van der Waals surface area contributed by atoms with Crippen molar-refractivity contribution in [3.05, 3.63) is 35.4 Å². The zero-order chi connectivity index (χ0) is 15.0. The Bertz CT molecular complexity index is 436. The summed E-state index contributed by atoms with van der Waals surface area (Å²) in [4.78, 5) is 21.6. The van der Waals surface area contributed by atoms with Gasteiger partial charge < -0.3 is 10.2 Å². The minimum atomic E-state index is -0.944. The van der Waals surface area contributed by atoms with Crippen molar-refractivity contribution in [2.24, 2.45) is 5.92 Å². The third kappa shape index (κ3) is 5.87. The van der Waals surface area contributed by atoms with Gasteiger partial charge in [-0.15, -0.1) is 0 Å². The summed E-state index contributed by atoms with van der Waals surface area (Å²) in [6.45, 7) is 2.13. The molecule has 0 heterocycles. The van der Waals surface area contributed by atoms with Gasteiger partial charge in [-0.05, 0) is 36.8 Å². The first-order chi connectivity index (χ1) is 9.52. The van der Waals surface area contributed by atoms with Crippen LogP contribution in [0.2, 0.25) is 0 Å². The number of hydrogen-bond donors (Lipinski definition) is 2. The summed E-state index contributed by atoms with van der Waals surface area (Å²) in [6, 6.07) is 8.21. The standard InChI is InChI=1S/C16H22O4/c1-2-3-12-4-6-13(7-5-12)8-9-14(16(19)20)10-11-15(17)18/h4-7,14H,2-3,8-11H2,1H3,(H,17,18)(H,19,20)/t14-/m1/s1. The van der Waals surface area contributed by atoms with Gasteiger partial charge in [0.05, 0.1) is 5.92 Å². The fourth-order valence-corrected chi connectivity index (χ4v) is 2.19. The highest BCUT2D eigenvalue weighted by atomic mass is 16.4. The van der Waals surface area contributed by atoms with Crippen LogP contribution >= 0.6 is 0 Å². The Balaban J connectivity index is 2.49. The smallest absolute Gasteiger partial charge is 0.306 e. The van der Waals surface area contributed by atoms with Crippen molar-refractivity contribution in [2.75, 3.05) is 0 Å². The van der Waals surface area contributed by atoms with Crippen LogP contribution in [0.25, 0.3) is 0 Å². The van der Waals surface area contributed by atoms with Gasteiger partial charge >= 0.3 is 11.9 Å². The van der Waals surface area contributed by atoms with E-state index < -0.39 is 17.9 Å². The van der Waals surface area contributed by atoms with E-state index in [2.05, 4.69) is 19.1 Å². The Morgan fingerprint density at radius 3 is 2.00 bits per heavy atom. The molecule has 20 heavy (non-hydrogen) atoms. The Morgan fingerprint density at radius 2 is 1.55 bits per heavy atom. The van der Waals surface area contributed by atoms with Gasteiger partial charge in [0.2, 0.25) is 0 Å². The Kier molecular flexibility index (Phi) is 6.77. The van der Waals surface area contributed by atoms with Gasteiger partial charge in [0, 0.05) is 6.42 Å². The lowest BCUT2D eigenvalue weighted by Crippen LogP contribution is -2.16. The van der Waals surface area contributed by atoms with Gasteiger partial charge in [-0.25, -0.2) is 0 Å². The van der Waals surface area contributed by atoms with E-state index in [1.54, 1.807) is 0 Å². The van der Waals surface area contributed by atoms with Gasteiger partial charge in [0.1, 0.15) is 0 Å². The van der Waals surface area contributed by atoms with Crippen LogP contribution in [0.3, 0.4) is 0 Å². The predicted octanol–water partition coefficient (Wildman–Crippen LogP) is 3.14. The Hall–Kier alpha value is -1.84. The summed E-state index contributed by atoms with van der Waals surface area (Å²) < 4.78 is 0. The van der Waals surface area contributed by atoms with Crippen molar-refractivity contribution >= 4 is 11.9 Å². The van der Waals surface area contributed by atoms with Crippen LogP contribution in [-0.4, -0.2) is 22.2 Å². The number of benzene rings is 1. The van der Waals surface area contributed by atoms with Gasteiger partial charge in [-0.3, -0.25) is 9.59 Å². The van der Waals surface area contributed by atoms with E-state index in [4.69, 9.17) is 10.2 Å². The molecule has 1 atom stereocenters. The lowest BCUT2D eigenvalue weighted by molar-refractivity contribution is -0.143. The number of carboxylic acids is 2. The minimum Gasteiger partial charge on any atom is -0.481 e. The molecule has 1 rings (SSSR count). The molecule has 0 saturated heterocycles. The molecule has 1 aromatic carbocycles. The van der Waals surface area contributed by atoms with E-state index in [1.165, 1.54) is 5.56 Å². The highest BCUT2D eigenvalue weighted by molar-refractivity contribution is 5.72. The van der Waals surface area contributed by atoms with Crippen molar-refractivity contribution in [1.29, 1.82) is 0 Å². The van der Waals surface area contributed by atoms with Crippen molar-refractivity contribution in [1.82, 2.24) is 0 Å². The second-order valence-electron chi connectivity index (χ2n) is 5.07. The number of carbonyl (C=O) groups is 2. The summed E-state index contributed by atoms with van der Waals surface area (Å²) >= 11 is 0. The molecular weight excluding hydrogens is 256 g/mol. The summed E-state index contributed by atoms with van der Waals surface area (Å²) in [5.41, 5.74) is 2.39. The molecule has 0 amide bonds. The molecule has 0 aliphatic rings. The fraction of sp³-hybridized carbons (Fsp3) is 0.500. The molecule has 0 fully saturated rings. The Morgan fingerprint density at radius 1 is 1.00 bits per heavy atom. The van der Waals surface area contributed by atoms with Gasteiger partial charge in [0.15, 0.2) is 0 Å². The first-order valence-corrected chi connectivity index (χ1v) is 7.05. The molecular formula is C16H22O4. The third-order valence-electron chi connectivity index (χ3n) is 3.40. The van der Waals surface area contributed by atoms with Gasteiger partial charge in [-0.2, -0.15) is 0 Å². The fourth-order valence-electron chi connectivity index (χ4n) is 2.19. The highest BCUT2D eigenvalue weighted by Crippen LogP contribution is 2.16. The maximum Gasteiger partial charge on any atom is 0.306 e. The first-order valence-electron chi connectivity index (χ1n) is 7.05. The Labute approximate surface area is 119 Å². The molecule has 0 spiro atoms. The van der Waals surface area contributed by atoms with Crippen molar-refractivity contribution in [2.45, 2.75) is 45.4 Å². The summed E-state index contributed by atoms with van der Waals surface area (Å²) in [7, 11) is 0. The van der Waals surface area contributed by atoms with Crippen LogP contribution in [-0.2, 0) is 22.4 Å². The molecule has 0 bridgehead atoms. The van der Waals surface area contributed by atoms with E-state index in [9.17, 15) is 9.59 Å². The number of aryl methyl sites for hydroxylation is 2. The monoisotopic (exact) mass is 278 g/mol. The molecule has 0 radical (unpaired) electrons. The second-order valence-corrected chi connectivity index (χ2v) is 5.07. The third-order valence-corrected chi connectivity index (χ3v) is 3.40. The number of aliphatic carboxylic acids is 2.